The van der Waals surface area contributed by atoms with E-state index in [4.69, 9.17) is 0 Å². The molecule has 76 valence electrons. The van der Waals surface area contributed by atoms with Gasteiger partial charge in [0.15, 0.2) is 0 Å². The SMILES string of the molecule is CC1(C)Cc2cccc3cccc(c23)N1. The lowest BCUT2D eigenvalue weighted by atomic mass is 9.87. The second-order valence-electron chi connectivity index (χ2n) is 5.01. The Kier molecular flexibility index (Phi) is 1.61. The van der Waals surface area contributed by atoms with Gasteiger partial charge in [0.05, 0.1) is 0 Å². The van der Waals surface area contributed by atoms with E-state index in [0.717, 1.165) is 6.42 Å². The lowest BCUT2D eigenvalue weighted by Gasteiger charge is -2.33. The summed E-state index contributed by atoms with van der Waals surface area (Å²) in [7, 11) is 0. The van der Waals surface area contributed by atoms with Crippen molar-refractivity contribution < 1.29 is 0 Å². The topological polar surface area (TPSA) is 12.0 Å². The van der Waals surface area contributed by atoms with Crippen LogP contribution in [0.5, 0.6) is 0 Å². The predicted octanol–water partition coefficient (Wildman–Crippen LogP) is 3.59. The average molecular weight is 197 g/mol. The van der Waals surface area contributed by atoms with Crippen molar-refractivity contribution in [1.29, 1.82) is 0 Å². The van der Waals surface area contributed by atoms with E-state index in [1.807, 2.05) is 0 Å². The summed E-state index contributed by atoms with van der Waals surface area (Å²) in [5.41, 5.74) is 2.91. The van der Waals surface area contributed by atoms with Crippen LogP contribution in [-0.4, -0.2) is 5.54 Å². The summed E-state index contributed by atoms with van der Waals surface area (Å²) in [5, 5.41) is 6.34. The maximum absolute atomic E-state index is 3.60. The molecule has 0 amide bonds. The summed E-state index contributed by atoms with van der Waals surface area (Å²) < 4.78 is 0. The summed E-state index contributed by atoms with van der Waals surface area (Å²) in [4.78, 5) is 0. The third-order valence-electron chi connectivity index (χ3n) is 3.10. The Labute approximate surface area is 90.1 Å². The van der Waals surface area contributed by atoms with Gasteiger partial charge in [-0.25, -0.2) is 0 Å². The summed E-state index contributed by atoms with van der Waals surface area (Å²) in [5.74, 6) is 0. The summed E-state index contributed by atoms with van der Waals surface area (Å²) in [6, 6.07) is 13.1. The molecule has 1 aliphatic rings. The number of benzene rings is 2. The molecular formula is C14H15N. The van der Waals surface area contributed by atoms with Gasteiger partial charge in [-0.3, -0.25) is 0 Å². The van der Waals surface area contributed by atoms with E-state index in [9.17, 15) is 0 Å². The van der Waals surface area contributed by atoms with E-state index in [0.29, 0.717) is 0 Å². The van der Waals surface area contributed by atoms with Crippen molar-refractivity contribution in [3.05, 3.63) is 42.0 Å². The van der Waals surface area contributed by atoms with Crippen molar-refractivity contribution in [2.45, 2.75) is 25.8 Å². The zero-order valence-corrected chi connectivity index (χ0v) is 9.17. The Morgan fingerprint density at radius 3 is 2.60 bits per heavy atom. The van der Waals surface area contributed by atoms with Gasteiger partial charge in [0, 0.05) is 16.6 Å². The first-order valence-corrected chi connectivity index (χ1v) is 5.45. The Balaban J connectivity index is 2.36. The van der Waals surface area contributed by atoms with Gasteiger partial charge in [-0.2, -0.15) is 0 Å². The fourth-order valence-electron chi connectivity index (χ4n) is 2.56. The monoisotopic (exact) mass is 197 g/mol. The van der Waals surface area contributed by atoms with Gasteiger partial charge in [-0.05, 0) is 37.3 Å². The number of rotatable bonds is 0. The van der Waals surface area contributed by atoms with Crippen LogP contribution in [0.15, 0.2) is 36.4 Å². The van der Waals surface area contributed by atoms with Gasteiger partial charge in [0.2, 0.25) is 0 Å². The van der Waals surface area contributed by atoms with Crippen molar-refractivity contribution in [2.75, 3.05) is 5.32 Å². The Hall–Kier alpha value is -1.50. The molecular weight excluding hydrogens is 182 g/mol. The van der Waals surface area contributed by atoms with E-state index in [1.54, 1.807) is 0 Å². The molecule has 1 aliphatic heterocycles. The van der Waals surface area contributed by atoms with Gasteiger partial charge >= 0.3 is 0 Å². The highest BCUT2D eigenvalue weighted by Crippen LogP contribution is 2.35. The Morgan fingerprint density at radius 2 is 1.80 bits per heavy atom. The molecule has 1 N–H and O–H groups in total. The number of nitrogens with one attached hydrogen (secondary N) is 1. The predicted molar refractivity (Wildman–Crippen MR) is 65.4 cm³/mol. The molecule has 0 unspecified atom stereocenters. The van der Waals surface area contributed by atoms with Crippen LogP contribution < -0.4 is 5.32 Å². The average Bonchev–Trinajstić information content (AvgIpc) is 2.16. The van der Waals surface area contributed by atoms with Crippen LogP contribution in [0.4, 0.5) is 5.69 Å². The quantitative estimate of drug-likeness (QED) is 0.680. The van der Waals surface area contributed by atoms with Crippen LogP contribution in [0.2, 0.25) is 0 Å². The van der Waals surface area contributed by atoms with Crippen molar-refractivity contribution in [3.63, 3.8) is 0 Å². The molecule has 15 heavy (non-hydrogen) atoms. The van der Waals surface area contributed by atoms with Crippen molar-refractivity contribution >= 4 is 16.5 Å². The van der Waals surface area contributed by atoms with E-state index >= 15 is 0 Å². The maximum Gasteiger partial charge on any atom is 0.0426 e. The normalized spacial score (nSPS) is 17.5. The van der Waals surface area contributed by atoms with Gasteiger partial charge in [-0.15, -0.1) is 0 Å². The lowest BCUT2D eigenvalue weighted by molar-refractivity contribution is 0.560. The molecule has 0 aliphatic carbocycles. The van der Waals surface area contributed by atoms with Crippen molar-refractivity contribution in [3.8, 4) is 0 Å². The van der Waals surface area contributed by atoms with Crippen LogP contribution in [0.25, 0.3) is 10.8 Å². The molecule has 0 fully saturated rings. The zero-order chi connectivity index (χ0) is 10.5. The minimum Gasteiger partial charge on any atom is -0.379 e. The number of hydrogen-bond donors (Lipinski definition) is 1. The largest absolute Gasteiger partial charge is 0.379 e. The maximum atomic E-state index is 3.60. The second-order valence-corrected chi connectivity index (χ2v) is 5.01. The molecule has 3 rings (SSSR count). The highest BCUT2D eigenvalue weighted by molar-refractivity contribution is 5.98. The smallest absolute Gasteiger partial charge is 0.0426 e. The van der Waals surface area contributed by atoms with Crippen LogP contribution in [0, 0.1) is 0 Å². The molecule has 1 heteroatoms. The van der Waals surface area contributed by atoms with Crippen LogP contribution in [0.1, 0.15) is 19.4 Å². The van der Waals surface area contributed by atoms with Crippen molar-refractivity contribution in [2.24, 2.45) is 0 Å². The highest BCUT2D eigenvalue weighted by atomic mass is 15.0. The van der Waals surface area contributed by atoms with Gasteiger partial charge in [-0.1, -0.05) is 30.3 Å². The molecule has 0 spiro atoms. The van der Waals surface area contributed by atoms with Gasteiger partial charge in [0.25, 0.3) is 0 Å². The molecule has 2 aromatic carbocycles. The fourth-order valence-corrected chi connectivity index (χ4v) is 2.56. The van der Waals surface area contributed by atoms with Crippen LogP contribution in [-0.2, 0) is 6.42 Å². The molecule has 0 atom stereocenters. The van der Waals surface area contributed by atoms with E-state index in [1.165, 1.54) is 22.0 Å². The van der Waals surface area contributed by atoms with E-state index < -0.39 is 0 Å². The zero-order valence-electron chi connectivity index (χ0n) is 9.17. The molecule has 2 aromatic rings. The van der Waals surface area contributed by atoms with Crippen LogP contribution >= 0.6 is 0 Å². The summed E-state index contributed by atoms with van der Waals surface area (Å²) in [6.45, 7) is 4.50. The molecule has 0 saturated carbocycles. The first-order valence-electron chi connectivity index (χ1n) is 5.45. The summed E-state index contributed by atoms with van der Waals surface area (Å²) >= 11 is 0. The number of hydrogen-bond acceptors (Lipinski definition) is 1. The molecule has 0 radical (unpaired) electrons. The molecule has 1 heterocycles. The minimum absolute atomic E-state index is 0.169. The molecule has 0 bridgehead atoms. The second kappa shape index (κ2) is 2.75. The Bertz CT molecular complexity index is 483. The van der Waals surface area contributed by atoms with Gasteiger partial charge in [0.1, 0.15) is 0 Å². The molecule has 0 aromatic heterocycles. The first-order chi connectivity index (χ1) is 7.16. The number of anilines is 1. The van der Waals surface area contributed by atoms with Crippen LogP contribution in [0.3, 0.4) is 0 Å². The first kappa shape index (κ1) is 8.78. The fraction of sp³-hybridized carbons (Fsp3) is 0.286. The van der Waals surface area contributed by atoms with E-state index in [2.05, 4.69) is 55.6 Å². The standard InChI is InChI=1S/C14H15N/c1-14(2)9-11-7-3-5-10-6-4-8-12(15-14)13(10)11/h3-8,15H,9H2,1-2H3. The third-order valence-corrected chi connectivity index (χ3v) is 3.10. The minimum atomic E-state index is 0.169. The summed E-state index contributed by atoms with van der Waals surface area (Å²) in [6.07, 6.45) is 1.10. The molecule has 1 nitrogen and oxygen atoms in total. The lowest BCUT2D eigenvalue weighted by Crippen LogP contribution is -2.36. The molecule has 0 saturated heterocycles. The Morgan fingerprint density at radius 1 is 1.07 bits per heavy atom. The van der Waals surface area contributed by atoms with Crippen molar-refractivity contribution in [1.82, 2.24) is 0 Å². The van der Waals surface area contributed by atoms with E-state index in [-0.39, 0.29) is 5.54 Å². The van der Waals surface area contributed by atoms with Gasteiger partial charge < -0.3 is 5.32 Å². The third kappa shape index (κ3) is 1.30. The highest BCUT2D eigenvalue weighted by Gasteiger charge is 2.25.